The fourth-order valence-corrected chi connectivity index (χ4v) is 4.61. The summed E-state index contributed by atoms with van der Waals surface area (Å²) in [5, 5.41) is 2.69. The summed E-state index contributed by atoms with van der Waals surface area (Å²) < 4.78 is 40.9. The molecule has 0 aliphatic carbocycles. The summed E-state index contributed by atoms with van der Waals surface area (Å²) in [5.74, 6) is -0.0146. The maximum atomic E-state index is 13.2. The number of benzene rings is 2. The Morgan fingerprint density at radius 2 is 1.78 bits per heavy atom. The van der Waals surface area contributed by atoms with E-state index in [1.807, 2.05) is 24.3 Å². The second-order valence-corrected chi connectivity index (χ2v) is 8.68. The zero-order valence-electron chi connectivity index (χ0n) is 19.2. The quantitative estimate of drug-likeness (QED) is 0.413. The lowest BCUT2D eigenvalue weighted by Gasteiger charge is -2.24. The van der Waals surface area contributed by atoms with E-state index in [0.717, 1.165) is 18.6 Å². The molecule has 1 fully saturated rings. The molecule has 1 unspecified atom stereocenters. The Kier molecular flexibility index (Phi) is 6.22. The topological polar surface area (TPSA) is 66.7 Å². The Labute approximate surface area is 205 Å². The highest BCUT2D eigenvalue weighted by molar-refractivity contribution is 5.99. The second-order valence-electron chi connectivity index (χ2n) is 8.68. The first kappa shape index (κ1) is 23.6. The normalized spacial score (nSPS) is 15.9. The predicted molar refractivity (Wildman–Crippen MR) is 127 cm³/mol. The summed E-state index contributed by atoms with van der Waals surface area (Å²) in [6, 6.07) is 18.9. The molecule has 5 rings (SSSR count). The predicted octanol–water partition coefficient (Wildman–Crippen LogP) is 5.26. The van der Waals surface area contributed by atoms with Crippen LogP contribution in [0.3, 0.4) is 0 Å². The van der Waals surface area contributed by atoms with Crippen LogP contribution in [0.4, 0.5) is 13.2 Å². The molecule has 184 valence electrons. The Morgan fingerprint density at radius 3 is 2.56 bits per heavy atom. The highest BCUT2D eigenvalue weighted by Crippen LogP contribution is 2.34. The lowest BCUT2D eigenvalue weighted by atomic mass is 10.1. The van der Waals surface area contributed by atoms with E-state index in [1.165, 1.54) is 12.1 Å². The number of imidazole rings is 1. The van der Waals surface area contributed by atoms with E-state index in [1.54, 1.807) is 39.8 Å². The smallest absolute Gasteiger partial charge is 0.347 e. The lowest BCUT2D eigenvalue weighted by Crippen LogP contribution is -2.31. The van der Waals surface area contributed by atoms with E-state index in [-0.39, 0.29) is 24.2 Å². The number of halogens is 3. The molecule has 1 aliphatic heterocycles. The highest BCUT2D eigenvalue weighted by Gasteiger charge is 2.35. The van der Waals surface area contributed by atoms with Crippen LogP contribution in [0, 0.1) is 0 Å². The van der Waals surface area contributed by atoms with Crippen LogP contribution >= 0.6 is 0 Å². The number of hydrogen-bond acceptors (Lipinski definition) is 3. The van der Waals surface area contributed by atoms with Crippen LogP contribution in [0.2, 0.25) is 0 Å². The van der Waals surface area contributed by atoms with Crippen LogP contribution in [-0.4, -0.2) is 32.6 Å². The molecule has 1 aliphatic rings. The largest absolute Gasteiger partial charge is 0.416 e. The molecule has 4 aromatic rings. The number of nitrogens with zero attached hydrogens (tertiary/aromatic N) is 3. The van der Waals surface area contributed by atoms with E-state index in [9.17, 15) is 22.8 Å². The zero-order valence-corrected chi connectivity index (χ0v) is 19.2. The van der Waals surface area contributed by atoms with Crippen molar-refractivity contribution in [3.8, 4) is 0 Å². The van der Waals surface area contributed by atoms with Crippen LogP contribution in [-0.2, 0) is 12.7 Å². The first-order valence-electron chi connectivity index (χ1n) is 11.6. The Balaban J connectivity index is 1.41. The molecule has 3 heterocycles. The van der Waals surface area contributed by atoms with E-state index >= 15 is 0 Å². The van der Waals surface area contributed by atoms with Crippen LogP contribution in [0.15, 0.2) is 79.0 Å². The second kappa shape index (κ2) is 9.49. The number of likely N-dealkylation sites (tertiary alicyclic amines) is 1. The van der Waals surface area contributed by atoms with E-state index < -0.39 is 17.6 Å². The molecule has 1 atom stereocenters. The van der Waals surface area contributed by atoms with Crippen molar-refractivity contribution in [2.45, 2.75) is 31.6 Å². The first-order chi connectivity index (χ1) is 17.3. The van der Waals surface area contributed by atoms with Crippen molar-refractivity contribution in [1.82, 2.24) is 19.6 Å². The molecular formula is C27H23F3N4O2. The molecule has 1 N–H and O–H groups in total. The van der Waals surface area contributed by atoms with Crippen LogP contribution in [0.1, 0.15) is 56.7 Å². The van der Waals surface area contributed by atoms with Gasteiger partial charge in [-0.3, -0.25) is 9.59 Å². The Bertz CT molecular complexity index is 1420. The number of rotatable bonds is 5. The summed E-state index contributed by atoms with van der Waals surface area (Å²) in [4.78, 5) is 32.7. The number of nitrogens with one attached hydrogen (secondary N) is 1. The van der Waals surface area contributed by atoms with Gasteiger partial charge in [0.05, 0.1) is 17.1 Å². The minimum absolute atomic E-state index is 0.0774. The van der Waals surface area contributed by atoms with Crippen molar-refractivity contribution >= 4 is 17.3 Å². The summed E-state index contributed by atoms with van der Waals surface area (Å²) >= 11 is 0. The van der Waals surface area contributed by atoms with Gasteiger partial charge in [-0.15, -0.1) is 0 Å². The first-order valence-corrected chi connectivity index (χ1v) is 11.6. The van der Waals surface area contributed by atoms with Crippen molar-refractivity contribution in [1.29, 1.82) is 0 Å². The third-order valence-corrected chi connectivity index (χ3v) is 6.33. The highest BCUT2D eigenvalue weighted by atomic mass is 19.4. The van der Waals surface area contributed by atoms with Gasteiger partial charge in [-0.1, -0.05) is 36.4 Å². The maximum absolute atomic E-state index is 13.2. The average Bonchev–Trinajstić information content (AvgIpc) is 3.52. The van der Waals surface area contributed by atoms with Gasteiger partial charge < -0.3 is 14.6 Å². The number of alkyl halides is 3. The molecule has 6 nitrogen and oxygen atoms in total. The molecule has 0 saturated carbocycles. The van der Waals surface area contributed by atoms with Gasteiger partial charge in [0.2, 0.25) is 0 Å². The molecule has 2 aromatic carbocycles. The van der Waals surface area contributed by atoms with Gasteiger partial charge in [-0.05, 0) is 54.8 Å². The van der Waals surface area contributed by atoms with Gasteiger partial charge in [0, 0.05) is 24.8 Å². The summed E-state index contributed by atoms with van der Waals surface area (Å²) in [7, 11) is 0. The van der Waals surface area contributed by atoms with Crippen LogP contribution in [0.5, 0.6) is 0 Å². The van der Waals surface area contributed by atoms with E-state index in [4.69, 9.17) is 0 Å². The van der Waals surface area contributed by atoms with Crippen molar-refractivity contribution in [3.63, 3.8) is 0 Å². The molecular weight excluding hydrogens is 469 g/mol. The van der Waals surface area contributed by atoms with Gasteiger partial charge >= 0.3 is 6.18 Å². The van der Waals surface area contributed by atoms with Crippen LogP contribution < -0.4 is 5.32 Å². The minimum Gasteiger partial charge on any atom is -0.347 e. The summed E-state index contributed by atoms with van der Waals surface area (Å²) in [5.41, 5.74) is 0.875. The van der Waals surface area contributed by atoms with Gasteiger partial charge in [0.1, 0.15) is 5.82 Å². The molecule has 1 saturated heterocycles. The SMILES string of the molecule is O=C(NCc1cccc(C(F)(F)F)c1)c1nc(C2CCCN2C(=O)c2ccccc2)n2ccccc12. The Hall–Kier alpha value is -4.14. The minimum atomic E-state index is -4.46. The van der Waals surface area contributed by atoms with Crippen LogP contribution in [0.25, 0.3) is 5.52 Å². The fourth-order valence-electron chi connectivity index (χ4n) is 4.61. The van der Waals surface area contributed by atoms with Crippen molar-refractivity contribution in [3.05, 3.63) is 107 Å². The fraction of sp³-hybridized carbons (Fsp3) is 0.222. The Morgan fingerprint density at radius 1 is 1.00 bits per heavy atom. The van der Waals surface area contributed by atoms with Crippen molar-refractivity contribution in [2.24, 2.45) is 0 Å². The van der Waals surface area contributed by atoms with Gasteiger partial charge in [-0.25, -0.2) is 4.98 Å². The number of aromatic nitrogens is 2. The lowest BCUT2D eigenvalue weighted by molar-refractivity contribution is -0.137. The van der Waals surface area contributed by atoms with Crippen molar-refractivity contribution in [2.75, 3.05) is 6.54 Å². The molecule has 0 bridgehead atoms. The number of hydrogen-bond donors (Lipinski definition) is 1. The average molecular weight is 493 g/mol. The maximum Gasteiger partial charge on any atom is 0.416 e. The summed E-state index contributed by atoms with van der Waals surface area (Å²) in [6.45, 7) is 0.503. The third kappa shape index (κ3) is 4.56. The molecule has 36 heavy (non-hydrogen) atoms. The van der Waals surface area contributed by atoms with Gasteiger partial charge in [-0.2, -0.15) is 13.2 Å². The summed E-state index contributed by atoms with van der Waals surface area (Å²) in [6.07, 6.45) is -1.15. The van der Waals surface area contributed by atoms with E-state index in [0.29, 0.717) is 35.4 Å². The van der Waals surface area contributed by atoms with E-state index in [2.05, 4.69) is 10.3 Å². The number of carbonyl (C=O) groups excluding carboxylic acids is 2. The molecule has 0 spiro atoms. The third-order valence-electron chi connectivity index (χ3n) is 6.33. The number of pyridine rings is 1. The molecule has 2 amide bonds. The number of amides is 2. The molecule has 2 aromatic heterocycles. The zero-order chi connectivity index (χ0) is 25.3. The number of carbonyl (C=O) groups is 2. The number of fused-ring (bicyclic) bond motifs is 1. The van der Waals surface area contributed by atoms with Gasteiger partial charge in [0.25, 0.3) is 11.8 Å². The standard InChI is InChI=1S/C27H23F3N4O2/c28-27(29,30)20-11-6-8-18(16-20)17-31-25(35)23-21-12-4-5-14-33(21)24(32-23)22-13-7-15-34(22)26(36)19-9-2-1-3-10-19/h1-6,8-12,14,16,22H,7,13,15,17H2,(H,31,35). The van der Waals surface area contributed by atoms with Gasteiger partial charge in [0.15, 0.2) is 5.69 Å². The molecule has 9 heteroatoms. The van der Waals surface area contributed by atoms with Crippen molar-refractivity contribution < 1.29 is 22.8 Å². The monoisotopic (exact) mass is 492 g/mol. The molecule has 0 radical (unpaired) electrons.